The van der Waals surface area contributed by atoms with Crippen LogP contribution in [0.5, 0.6) is 10.9 Å². The van der Waals surface area contributed by atoms with E-state index in [9.17, 15) is 0 Å². The number of ether oxygens (including phenoxy) is 1. The average Bonchev–Trinajstić information content (AvgIpc) is 3.14. The van der Waals surface area contributed by atoms with Gasteiger partial charge in [-0.2, -0.15) is 14.3 Å². The van der Waals surface area contributed by atoms with Crippen LogP contribution in [0.2, 0.25) is 0 Å². The molecule has 0 aliphatic heterocycles. The molecule has 0 radical (unpaired) electrons. The molecule has 2 aromatic heterocycles. The number of hydrogen-bond donors (Lipinski definition) is 2. The summed E-state index contributed by atoms with van der Waals surface area (Å²) < 4.78 is 16.8. The van der Waals surface area contributed by atoms with Gasteiger partial charge < -0.3 is 15.3 Å². The van der Waals surface area contributed by atoms with Gasteiger partial charge in [0.2, 0.25) is 5.95 Å². The van der Waals surface area contributed by atoms with Crippen LogP contribution in [0.25, 0.3) is 0 Å². The molecule has 0 amide bonds. The van der Waals surface area contributed by atoms with Crippen LogP contribution in [0.3, 0.4) is 0 Å². The highest BCUT2D eigenvalue weighted by molar-refractivity contribution is 7.07. The molecule has 9 nitrogen and oxygen atoms in total. The molecule has 3 aromatic rings. The quantitative estimate of drug-likeness (QED) is 0.538. The number of H-pyrrole nitrogens is 1. The molecule has 3 rings (SSSR count). The van der Waals surface area contributed by atoms with E-state index in [1.54, 1.807) is 18.2 Å². The summed E-state index contributed by atoms with van der Waals surface area (Å²) in [6.07, 6.45) is -0.101. The molecule has 1 aromatic carbocycles. The van der Waals surface area contributed by atoms with E-state index in [-0.39, 0.29) is 17.4 Å². The van der Waals surface area contributed by atoms with Crippen LogP contribution in [0.4, 0.5) is 5.95 Å². The van der Waals surface area contributed by atoms with Gasteiger partial charge in [0, 0.05) is 11.5 Å². The Balaban J connectivity index is 2.02. The predicted molar refractivity (Wildman–Crippen MR) is 79.9 cm³/mol. The summed E-state index contributed by atoms with van der Waals surface area (Å²) in [4.78, 5) is 12.8. The lowest BCUT2D eigenvalue weighted by molar-refractivity contribution is 0.213. The molecular formula is C12H11N7O2S. The predicted octanol–water partition coefficient (Wildman–Crippen LogP) is 1.43. The molecule has 22 heavy (non-hydrogen) atoms. The number of rotatable bonds is 5. The minimum Gasteiger partial charge on any atom is -0.429 e. The van der Waals surface area contributed by atoms with Crippen LogP contribution in [-0.4, -0.2) is 37.4 Å². The highest BCUT2D eigenvalue weighted by atomic mass is 32.1. The van der Waals surface area contributed by atoms with Crippen molar-refractivity contribution in [3.05, 3.63) is 42.0 Å². The first-order valence-corrected chi connectivity index (χ1v) is 6.81. The molecule has 0 bridgehead atoms. The number of aromatic amines is 1. The van der Waals surface area contributed by atoms with Gasteiger partial charge in [0.15, 0.2) is 11.5 Å². The number of nitrogen functional groups attached to an aromatic ring is 1. The Bertz CT molecular complexity index is 847. The van der Waals surface area contributed by atoms with Crippen molar-refractivity contribution in [3.8, 4) is 10.9 Å². The number of nitrogens with two attached hydrogens (primary N) is 1. The van der Waals surface area contributed by atoms with Crippen LogP contribution >= 0.6 is 11.5 Å². The number of aromatic nitrogens is 5. The molecule has 0 aliphatic rings. The first-order valence-electron chi connectivity index (χ1n) is 6.54. The van der Waals surface area contributed by atoms with Crippen molar-refractivity contribution in [3.63, 3.8) is 0 Å². The summed E-state index contributed by atoms with van der Waals surface area (Å²) in [5, 5.41) is 10.7. The summed E-state index contributed by atoms with van der Waals surface area (Å²) in [6.45, 7) is 0. The number of hydrogen-bond acceptors (Lipinski definition) is 9. The van der Waals surface area contributed by atoms with Crippen LogP contribution in [0.1, 0.15) is 12.8 Å². The van der Waals surface area contributed by atoms with E-state index in [4.69, 9.17) is 16.7 Å². The summed E-state index contributed by atoms with van der Waals surface area (Å²) >= 11 is 0.980. The van der Waals surface area contributed by atoms with E-state index in [0.29, 0.717) is 22.8 Å². The number of nitrogens with zero attached hydrogens (tertiary/aromatic N) is 5. The highest BCUT2D eigenvalue weighted by Gasteiger charge is 2.18. The van der Waals surface area contributed by atoms with Crippen LogP contribution < -0.4 is 10.5 Å². The fourth-order valence-corrected chi connectivity index (χ4v) is 2.09. The molecule has 112 valence electrons. The van der Waals surface area contributed by atoms with Gasteiger partial charge in [0.25, 0.3) is 5.19 Å². The fourth-order valence-electron chi connectivity index (χ4n) is 1.72. The topological polar surface area (TPSA) is 124 Å². The van der Waals surface area contributed by atoms with Crippen LogP contribution in [-0.2, 0) is 4.84 Å². The lowest BCUT2D eigenvalue weighted by atomic mass is 10.1. The molecule has 0 unspecified atom stereocenters. The van der Waals surface area contributed by atoms with Crippen molar-refractivity contribution in [2.24, 2.45) is 5.16 Å². The summed E-state index contributed by atoms with van der Waals surface area (Å²) in [7, 11) is 1.42. The normalized spacial score (nSPS) is 12.0. The van der Waals surface area contributed by atoms with E-state index >= 15 is 0 Å². The maximum atomic E-state index is 7.35. The van der Waals surface area contributed by atoms with Gasteiger partial charge >= 0.3 is 0 Å². The molecule has 0 fully saturated rings. The number of nitrogens with one attached hydrogen (secondary N) is 1. The average molecular weight is 318 g/mol. The Morgan fingerprint density at radius 2 is 2.32 bits per heavy atom. The van der Waals surface area contributed by atoms with Gasteiger partial charge in [-0.05, 0) is 12.1 Å². The minimum absolute atomic E-state index is 0.0881. The van der Waals surface area contributed by atoms with Crippen molar-refractivity contribution in [2.75, 3.05) is 12.8 Å². The largest absolute Gasteiger partial charge is 0.429 e. The Morgan fingerprint density at radius 1 is 1.45 bits per heavy atom. The monoisotopic (exact) mass is 318 g/mol. The van der Waals surface area contributed by atoms with Gasteiger partial charge in [-0.15, -0.1) is 5.10 Å². The van der Waals surface area contributed by atoms with Crippen molar-refractivity contribution in [1.29, 1.82) is 0 Å². The SMILES string of the molecule is [2H]c1nsc(Oc2ccccc2/C(=N\OC)c2nc(N)n[nH]2)n1. The van der Waals surface area contributed by atoms with Gasteiger partial charge in [0.05, 0.1) is 5.56 Å². The van der Waals surface area contributed by atoms with Crippen LogP contribution in [0.15, 0.2) is 35.7 Å². The molecule has 0 saturated carbocycles. The second-order valence-corrected chi connectivity index (χ2v) is 4.64. The van der Waals surface area contributed by atoms with E-state index in [2.05, 4.69) is 29.7 Å². The zero-order valence-electron chi connectivity index (χ0n) is 12.3. The molecule has 10 heteroatoms. The number of benzene rings is 1. The molecule has 0 aliphatic carbocycles. The van der Waals surface area contributed by atoms with Gasteiger partial charge in [0.1, 0.15) is 20.5 Å². The number of anilines is 1. The maximum absolute atomic E-state index is 7.35. The van der Waals surface area contributed by atoms with Crippen molar-refractivity contribution >= 4 is 23.2 Å². The lowest BCUT2D eigenvalue weighted by Crippen LogP contribution is -2.08. The molecule has 0 saturated heterocycles. The fraction of sp³-hybridized carbons (Fsp3) is 0.0833. The number of oxime groups is 1. The second kappa shape index (κ2) is 6.18. The Morgan fingerprint density at radius 3 is 3.00 bits per heavy atom. The Kier molecular flexibility index (Phi) is 3.57. The third-order valence-electron chi connectivity index (χ3n) is 2.55. The third-order valence-corrected chi connectivity index (χ3v) is 3.06. The standard InChI is InChI=1S/C12H11N7O2S/c1-20-19-9(10-16-11(13)18-17-10)7-4-2-3-5-8(7)21-12-14-6-15-22-12/h2-6H,1H3,(H3,13,16,17,18)/b19-9+/i6D. The molecule has 3 N–H and O–H groups in total. The second-order valence-electron chi connectivity index (χ2n) is 3.92. The maximum Gasteiger partial charge on any atom is 0.298 e. The smallest absolute Gasteiger partial charge is 0.298 e. The van der Waals surface area contributed by atoms with Gasteiger partial charge in [-0.1, -0.05) is 17.3 Å². The Labute approximate surface area is 130 Å². The Hall–Kier alpha value is -3.01. The molecule has 0 spiro atoms. The van der Waals surface area contributed by atoms with Gasteiger partial charge in [-0.3, -0.25) is 5.10 Å². The molecular weight excluding hydrogens is 306 g/mol. The third kappa shape index (κ3) is 2.86. The summed E-state index contributed by atoms with van der Waals surface area (Å²) in [6, 6.07) is 7.10. The van der Waals surface area contributed by atoms with Crippen molar-refractivity contribution < 1.29 is 10.9 Å². The van der Waals surface area contributed by atoms with E-state index in [0.717, 1.165) is 11.5 Å². The molecule has 2 heterocycles. The number of para-hydroxylation sites is 1. The van der Waals surface area contributed by atoms with Crippen molar-refractivity contribution in [2.45, 2.75) is 0 Å². The van der Waals surface area contributed by atoms with Crippen molar-refractivity contribution in [1.82, 2.24) is 24.5 Å². The van der Waals surface area contributed by atoms with E-state index in [1.165, 1.54) is 7.11 Å². The zero-order valence-corrected chi connectivity index (χ0v) is 12.2. The van der Waals surface area contributed by atoms with Crippen LogP contribution in [0, 0.1) is 0 Å². The van der Waals surface area contributed by atoms with E-state index in [1.807, 2.05) is 6.07 Å². The first-order chi connectivity index (χ1) is 11.2. The first kappa shape index (κ1) is 12.7. The van der Waals surface area contributed by atoms with Gasteiger partial charge in [-0.25, -0.2) is 0 Å². The van der Waals surface area contributed by atoms with E-state index < -0.39 is 0 Å². The lowest BCUT2D eigenvalue weighted by Gasteiger charge is -2.09. The highest BCUT2D eigenvalue weighted by Crippen LogP contribution is 2.27. The zero-order chi connectivity index (χ0) is 16.2. The minimum atomic E-state index is -0.101. The summed E-state index contributed by atoms with van der Waals surface area (Å²) in [5.74, 6) is 0.874. The molecule has 0 atom stereocenters. The summed E-state index contributed by atoms with van der Waals surface area (Å²) in [5.41, 5.74) is 6.49.